The first-order valence-electron chi connectivity index (χ1n) is 5.23. The average Bonchev–Trinajstić information content (AvgIpc) is 2.36. The van der Waals surface area contributed by atoms with Gasteiger partial charge >= 0.3 is 6.03 Å². The number of nitrogens with zero attached hydrogens (tertiary/aromatic N) is 1. The fourth-order valence-corrected chi connectivity index (χ4v) is 1.66. The summed E-state index contributed by atoms with van der Waals surface area (Å²) in [6.45, 7) is 5.68. The van der Waals surface area contributed by atoms with Crippen LogP contribution in [0.5, 0.6) is 0 Å². The number of carbonyl (C=O) groups is 2. The molecule has 0 aromatic rings. The molecule has 5 nitrogen and oxygen atoms in total. The number of hydrogen-bond acceptors (Lipinski definition) is 3. The van der Waals surface area contributed by atoms with Gasteiger partial charge in [-0.3, -0.25) is 10.1 Å². The van der Waals surface area contributed by atoms with Crippen molar-refractivity contribution < 1.29 is 14.7 Å². The molecule has 0 aromatic carbocycles. The molecule has 1 aliphatic heterocycles. The smallest absolute Gasteiger partial charge is 0.325 e. The van der Waals surface area contributed by atoms with E-state index < -0.39 is 11.6 Å². The molecule has 0 aromatic heterocycles. The highest BCUT2D eigenvalue weighted by atomic mass is 16.3. The van der Waals surface area contributed by atoms with Crippen LogP contribution in [-0.2, 0) is 4.79 Å². The van der Waals surface area contributed by atoms with Crippen LogP contribution in [0.4, 0.5) is 4.79 Å². The average molecular weight is 214 g/mol. The quantitative estimate of drug-likeness (QED) is 0.669. The molecule has 5 heteroatoms. The van der Waals surface area contributed by atoms with Crippen molar-refractivity contribution in [3.8, 4) is 0 Å². The van der Waals surface area contributed by atoms with Crippen LogP contribution in [0.2, 0.25) is 0 Å². The van der Waals surface area contributed by atoms with E-state index in [2.05, 4.69) is 5.32 Å². The van der Waals surface area contributed by atoms with Gasteiger partial charge in [0.15, 0.2) is 0 Å². The van der Waals surface area contributed by atoms with E-state index in [1.54, 1.807) is 13.8 Å². The van der Waals surface area contributed by atoms with Gasteiger partial charge < -0.3 is 10.0 Å². The number of rotatable bonds is 4. The lowest BCUT2D eigenvalue weighted by atomic mass is 9.97. The van der Waals surface area contributed by atoms with Gasteiger partial charge in [0.2, 0.25) is 0 Å². The zero-order valence-electron chi connectivity index (χ0n) is 9.41. The van der Waals surface area contributed by atoms with E-state index in [-0.39, 0.29) is 11.9 Å². The second-order valence-corrected chi connectivity index (χ2v) is 4.18. The molecular weight excluding hydrogens is 196 g/mol. The fraction of sp³-hybridized carbons (Fsp3) is 0.800. The number of hydrogen-bond donors (Lipinski definition) is 2. The van der Waals surface area contributed by atoms with E-state index in [1.807, 2.05) is 6.92 Å². The van der Waals surface area contributed by atoms with Crippen molar-refractivity contribution in [3.63, 3.8) is 0 Å². The SMILES string of the molecule is CCC1(C)C(=O)NC(=O)N1CCC(C)O. The minimum absolute atomic E-state index is 0.249. The Morgan fingerprint density at radius 1 is 1.53 bits per heavy atom. The molecule has 0 radical (unpaired) electrons. The second-order valence-electron chi connectivity index (χ2n) is 4.18. The molecule has 0 aliphatic carbocycles. The van der Waals surface area contributed by atoms with Crippen LogP contribution in [0.3, 0.4) is 0 Å². The van der Waals surface area contributed by atoms with E-state index >= 15 is 0 Å². The van der Waals surface area contributed by atoms with Crippen molar-refractivity contribution in [2.75, 3.05) is 6.54 Å². The van der Waals surface area contributed by atoms with E-state index in [9.17, 15) is 9.59 Å². The van der Waals surface area contributed by atoms with Crippen molar-refractivity contribution >= 4 is 11.9 Å². The topological polar surface area (TPSA) is 69.6 Å². The Labute approximate surface area is 89.4 Å². The third kappa shape index (κ3) is 2.12. The number of urea groups is 1. The molecule has 3 amide bonds. The first kappa shape index (κ1) is 12.0. The molecule has 0 spiro atoms. The van der Waals surface area contributed by atoms with Gasteiger partial charge in [0.1, 0.15) is 5.54 Å². The lowest BCUT2D eigenvalue weighted by molar-refractivity contribution is -0.126. The van der Waals surface area contributed by atoms with Crippen LogP contribution in [-0.4, -0.2) is 40.1 Å². The van der Waals surface area contributed by atoms with Gasteiger partial charge in [-0.05, 0) is 26.7 Å². The molecule has 1 aliphatic rings. The Morgan fingerprint density at radius 3 is 2.60 bits per heavy atom. The van der Waals surface area contributed by atoms with Crippen LogP contribution in [0.1, 0.15) is 33.6 Å². The first-order valence-corrected chi connectivity index (χ1v) is 5.23. The minimum Gasteiger partial charge on any atom is -0.393 e. The van der Waals surface area contributed by atoms with Crippen molar-refractivity contribution in [2.45, 2.75) is 45.3 Å². The molecule has 2 N–H and O–H groups in total. The maximum atomic E-state index is 11.6. The van der Waals surface area contributed by atoms with Crippen molar-refractivity contribution in [1.29, 1.82) is 0 Å². The maximum Gasteiger partial charge on any atom is 0.325 e. The molecule has 0 saturated carbocycles. The van der Waals surface area contributed by atoms with Crippen molar-refractivity contribution in [3.05, 3.63) is 0 Å². The molecule has 15 heavy (non-hydrogen) atoms. The number of carbonyl (C=O) groups excluding carboxylic acids is 2. The predicted octanol–water partition coefficient (Wildman–Crippen LogP) is 0.478. The number of aliphatic hydroxyl groups excluding tert-OH is 1. The Balaban J connectivity index is 2.75. The Kier molecular flexibility index (Phi) is 3.34. The lowest BCUT2D eigenvalue weighted by Gasteiger charge is -2.31. The summed E-state index contributed by atoms with van der Waals surface area (Å²) in [6, 6.07) is -0.356. The van der Waals surface area contributed by atoms with Crippen LogP contribution < -0.4 is 5.32 Å². The lowest BCUT2D eigenvalue weighted by Crippen LogP contribution is -2.47. The molecule has 86 valence electrons. The number of nitrogens with one attached hydrogen (secondary N) is 1. The third-order valence-corrected chi connectivity index (χ3v) is 3.01. The molecule has 1 fully saturated rings. The van der Waals surface area contributed by atoms with Crippen LogP contribution in [0, 0.1) is 0 Å². The van der Waals surface area contributed by atoms with Gasteiger partial charge in [0.05, 0.1) is 6.10 Å². The van der Waals surface area contributed by atoms with Gasteiger partial charge in [-0.25, -0.2) is 4.79 Å². The largest absolute Gasteiger partial charge is 0.393 e. The molecule has 2 atom stereocenters. The summed E-state index contributed by atoms with van der Waals surface area (Å²) in [6.07, 6.45) is 0.593. The summed E-state index contributed by atoms with van der Waals surface area (Å²) >= 11 is 0. The first-order chi connectivity index (χ1) is 6.91. The van der Waals surface area contributed by atoms with Gasteiger partial charge in [0, 0.05) is 6.54 Å². The number of aliphatic hydroxyl groups is 1. The summed E-state index contributed by atoms with van der Waals surface area (Å²) < 4.78 is 0. The Bertz CT molecular complexity index is 278. The highest BCUT2D eigenvalue weighted by molar-refractivity contribution is 6.06. The monoisotopic (exact) mass is 214 g/mol. The number of amides is 3. The van der Waals surface area contributed by atoms with E-state index in [0.29, 0.717) is 19.4 Å². The molecular formula is C10H18N2O3. The highest BCUT2D eigenvalue weighted by Crippen LogP contribution is 2.25. The number of imide groups is 1. The maximum absolute atomic E-state index is 11.6. The van der Waals surface area contributed by atoms with Crippen LogP contribution >= 0.6 is 0 Å². The minimum atomic E-state index is -0.758. The van der Waals surface area contributed by atoms with Crippen LogP contribution in [0.15, 0.2) is 0 Å². The van der Waals surface area contributed by atoms with E-state index in [0.717, 1.165) is 0 Å². The summed E-state index contributed by atoms with van der Waals surface area (Å²) in [4.78, 5) is 24.5. The van der Waals surface area contributed by atoms with Crippen molar-refractivity contribution in [2.24, 2.45) is 0 Å². The summed E-state index contributed by atoms with van der Waals surface area (Å²) in [7, 11) is 0. The fourth-order valence-electron chi connectivity index (χ4n) is 1.66. The van der Waals surface area contributed by atoms with Crippen LogP contribution in [0.25, 0.3) is 0 Å². The van der Waals surface area contributed by atoms with Gasteiger partial charge in [-0.1, -0.05) is 6.92 Å². The van der Waals surface area contributed by atoms with Gasteiger partial charge in [0.25, 0.3) is 5.91 Å². The second kappa shape index (κ2) is 4.18. The van der Waals surface area contributed by atoms with Gasteiger partial charge in [-0.2, -0.15) is 0 Å². The molecule has 0 bridgehead atoms. The standard InChI is InChI=1S/C10H18N2O3/c1-4-10(3)8(14)11-9(15)12(10)6-5-7(2)13/h7,13H,4-6H2,1-3H3,(H,11,14,15). The zero-order valence-corrected chi connectivity index (χ0v) is 9.41. The van der Waals surface area contributed by atoms with E-state index in [4.69, 9.17) is 5.11 Å². The molecule has 2 unspecified atom stereocenters. The zero-order chi connectivity index (χ0) is 11.6. The van der Waals surface area contributed by atoms with Crippen molar-refractivity contribution in [1.82, 2.24) is 10.2 Å². The Hall–Kier alpha value is -1.10. The molecule has 1 saturated heterocycles. The summed E-state index contributed by atoms with van der Waals surface area (Å²) in [5.74, 6) is -0.249. The summed E-state index contributed by atoms with van der Waals surface area (Å²) in [5.41, 5.74) is -0.758. The Morgan fingerprint density at radius 2 is 2.13 bits per heavy atom. The molecule has 1 heterocycles. The third-order valence-electron chi connectivity index (χ3n) is 3.01. The van der Waals surface area contributed by atoms with Gasteiger partial charge in [-0.15, -0.1) is 0 Å². The predicted molar refractivity (Wildman–Crippen MR) is 55.2 cm³/mol. The van der Waals surface area contributed by atoms with E-state index in [1.165, 1.54) is 4.90 Å². The normalized spacial score (nSPS) is 28.1. The highest BCUT2D eigenvalue weighted by Gasteiger charge is 2.47. The summed E-state index contributed by atoms with van der Waals surface area (Å²) in [5, 5.41) is 11.5. The molecule has 1 rings (SSSR count).